The predicted octanol–water partition coefficient (Wildman–Crippen LogP) is 3.09. The van der Waals surface area contributed by atoms with Gasteiger partial charge in [-0.05, 0) is 40.9 Å². The summed E-state index contributed by atoms with van der Waals surface area (Å²) in [4.78, 5) is 0. The Morgan fingerprint density at radius 1 is 1.38 bits per heavy atom. The van der Waals surface area contributed by atoms with Crippen molar-refractivity contribution in [3.63, 3.8) is 0 Å². The van der Waals surface area contributed by atoms with Crippen molar-refractivity contribution in [3.8, 4) is 0 Å². The molecule has 90 valence electrons. The van der Waals surface area contributed by atoms with Crippen LogP contribution in [0.1, 0.15) is 31.4 Å². The molecule has 1 aromatic rings. The molecule has 0 bridgehead atoms. The molecule has 1 N–H and O–H groups in total. The summed E-state index contributed by atoms with van der Waals surface area (Å²) >= 11 is 3.28. The fourth-order valence-corrected chi connectivity index (χ4v) is 2.35. The molecule has 2 rings (SSSR count). The monoisotopic (exact) mass is 287 g/mol. The third kappa shape index (κ3) is 3.92. The summed E-state index contributed by atoms with van der Waals surface area (Å²) in [6.07, 6.45) is 5.66. The maximum Gasteiger partial charge on any atom is 0.169 e. The molecule has 1 aliphatic rings. The number of halogens is 1. The van der Waals surface area contributed by atoms with Gasteiger partial charge in [-0.2, -0.15) is 0 Å². The smallest absolute Gasteiger partial charge is 0.169 e. The van der Waals surface area contributed by atoms with Crippen molar-refractivity contribution in [2.45, 2.75) is 38.3 Å². The van der Waals surface area contributed by atoms with Gasteiger partial charge in [0.1, 0.15) is 5.76 Å². The molecule has 0 radical (unpaired) electrons. The minimum absolute atomic E-state index is 0.513. The van der Waals surface area contributed by atoms with Crippen molar-refractivity contribution in [2.75, 3.05) is 13.2 Å². The second-order valence-corrected chi connectivity index (χ2v) is 4.94. The van der Waals surface area contributed by atoms with Gasteiger partial charge < -0.3 is 14.5 Å². The van der Waals surface area contributed by atoms with Crippen LogP contribution in [0.15, 0.2) is 21.2 Å². The van der Waals surface area contributed by atoms with E-state index < -0.39 is 0 Å². The summed E-state index contributed by atoms with van der Waals surface area (Å²) in [6.45, 7) is 2.45. The summed E-state index contributed by atoms with van der Waals surface area (Å²) in [6, 6.07) is 3.88. The number of nitrogens with one attached hydrogen (secondary N) is 1. The maximum atomic E-state index is 5.74. The van der Waals surface area contributed by atoms with Gasteiger partial charge in [0, 0.05) is 6.54 Å². The van der Waals surface area contributed by atoms with E-state index in [4.69, 9.17) is 9.15 Å². The van der Waals surface area contributed by atoms with E-state index in [0.29, 0.717) is 6.10 Å². The zero-order valence-electron chi connectivity index (χ0n) is 9.38. The third-order valence-electron chi connectivity index (χ3n) is 2.86. The van der Waals surface area contributed by atoms with E-state index in [-0.39, 0.29) is 0 Å². The fourth-order valence-electron chi connectivity index (χ4n) is 2.01. The second-order valence-electron chi connectivity index (χ2n) is 4.16. The molecule has 0 unspecified atom stereocenters. The SMILES string of the molecule is Brc1ccc(CNCCOC2CCCC2)o1. The molecule has 0 saturated heterocycles. The Balaban J connectivity index is 1.51. The van der Waals surface area contributed by atoms with Crippen LogP contribution in [0.2, 0.25) is 0 Å². The van der Waals surface area contributed by atoms with Gasteiger partial charge >= 0.3 is 0 Å². The molecule has 0 spiro atoms. The second kappa shape index (κ2) is 6.42. The first-order chi connectivity index (χ1) is 7.84. The Hall–Kier alpha value is -0.320. The average molecular weight is 288 g/mol. The lowest BCUT2D eigenvalue weighted by atomic mass is 10.3. The molecular formula is C12H18BrNO2. The van der Waals surface area contributed by atoms with Crippen molar-refractivity contribution >= 4 is 15.9 Å². The molecule has 1 heterocycles. The van der Waals surface area contributed by atoms with Crippen molar-refractivity contribution in [2.24, 2.45) is 0 Å². The number of furan rings is 1. The van der Waals surface area contributed by atoms with E-state index in [0.717, 1.165) is 30.1 Å². The molecule has 1 aromatic heterocycles. The summed E-state index contributed by atoms with van der Waals surface area (Å²) in [5, 5.41) is 3.30. The highest BCUT2D eigenvalue weighted by atomic mass is 79.9. The van der Waals surface area contributed by atoms with Crippen molar-refractivity contribution < 1.29 is 9.15 Å². The summed E-state index contributed by atoms with van der Waals surface area (Å²) in [5.74, 6) is 0.952. The van der Waals surface area contributed by atoms with Gasteiger partial charge in [-0.25, -0.2) is 0 Å². The van der Waals surface area contributed by atoms with Crippen molar-refractivity contribution in [1.29, 1.82) is 0 Å². The minimum Gasteiger partial charge on any atom is -0.453 e. The Morgan fingerprint density at radius 2 is 2.19 bits per heavy atom. The molecule has 1 fully saturated rings. The quantitative estimate of drug-likeness (QED) is 0.817. The number of rotatable bonds is 6. The highest BCUT2D eigenvalue weighted by Crippen LogP contribution is 2.20. The third-order valence-corrected chi connectivity index (χ3v) is 3.29. The molecule has 0 amide bonds. The van der Waals surface area contributed by atoms with Crippen LogP contribution in [0.5, 0.6) is 0 Å². The van der Waals surface area contributed by atoms with Gasteiger partial charge in [-0.1, -0.05) is 12.8 Å². The molecule has 3 nitrogen and oxygen atoms in total. The Kier molecular flexibility index (Phi) is 4.88. The van der Waals surface area contributed by atoms with Crippen LogP contribution in [0, 0.1) is 0 Å². The van der Waals surface area contributed by atoms with Crippen LogP contribution in [-0.4, -0.2) is 19.3 Å². The van der Waals surface area contributed by atoms with Gasteiger partial charge in [-0.15, -0.1) is 0 Å². The number of ether oxygens (including phenoxy) is 1. The molecule has 0 aliphatic heterocycles. The van der Waals surface area contributed by atoms with E-state index in [1.165, 1.54) is 25.7 Å². The molecule has 4 heteroatoms. The molecule has 0 atom stereocenters. The molecule has 1 saturated carbocycles. The van der Waals surface area contributed by atoms with Gasteiger partial charge in [0.15, 0.2) is 4.67 Å². The van der Waals surface area contributed by atoms with Gasteiger partial charge in [0.25, 0.3) is 0 Å². The Labute approximate surface area is 105 Å². The van der Waals surface area contributed by atoms with Crippen LogP contribution in [0.3, 0.4) is 0 Å². The van der Waals surface area contributed by atoms with E-state index in [9.17, 15) is 0 Å². The normalized spacial score (nSPS) is 17.1. The molecular weight excluding hydrogens is 270 g/mol. The summed E-state index contributed by atoms with van der Waals surface area (Å²) in [5.41, 5.74) is 0. The lowest BCUT2D eigenvalue weighted by Gasteiger charge is -2.10. The lowest BCUT2D eigenvalue weighted by molar-refractivity contribution is 0.0601. The van der Waals surface area contributed by atoms with E-state index in [1.807, 2.05) is 12.1 Å². The molecule has 16 heavy (non-hydrogen) atoms. The summed E-state index contributed by atoms with van der Waals surface area (Å²) in [7, 11) is 0. The van der Waals surface area contributed by atoms with Crippen molar-refractivity contribution in [3.05, 3.63) is 22.6 Å². The highest BCUT2D eigenvalue weighted by molar-refractivity contribution is 9.10. The van der Waals surface area contributed by atoms with Crippen LogP contribution < -0.4 is 5.32 Å². The van der Waals surface area contributed by atoms with Gasteiger partial charge in [0.2, 0.25) is 0 Å². The number of hydrogen-bond donors (Lipinski definition) is 1. The molecule has 0 aromatic carbocycles. The van der Waals surface area contributed by atoms with Gasteiger partial charge in [-0.3, -0.25) is 0 Å². The maximum absolute atomic E-state index is 5.74. The van der Waals surface area contributed by atoms with Crippen LogP contribution in [0.25, 0.3) is 0 Å². The van der Waals surface area contributed by atoms with E-state index in [2.05, 4.69) is 21.2 Å². The zero-order chi connectivity index (χ0) is 11.2. The largest absolute Gasteiger partial charge is 0.453 e. The van der Waals surface area contributed by atoms with Gasteiger partial charge in [0.05, 0.1) is 19.3 Å². The first-order valence-electron chi connectivity index (χ1n) is 5.91. The standard InChI is InChI=1S/C12H18BrNO2/c13-12-6-5-11(16-12)9-14-7-8-15-10-3-1-2-4-10/h5-6,10,14H,1-4,7-9H2. The topological polar surface area (TPSA) is 34.4 Å². The Morgan fingerprint density at radius 3 is 2.88 bits per heavy atom. The highest BCUT2D eigenvalue weighted by Gasteiger charge is 2.14. The fraction of sp³-hybridized carbons (Fsp3) is 0.667. The molecule has 1 aliphatic carbocycles. The van der Waals surface area contributed by atoms with Crippen LogP contribution in [0.4, 0.5) is 0 Å². The average Bonchev–Trinajstić information content (AvgIpc) is 2.89. The number of hydrogen-bond acceptors (Lipinski definition) is 3. The first-order valence-corrected chi connectivity index (χ1v) is 6.70. The van der Waals surface area contributed by atoms with E-state index in [1.54, 1.807) is 0 Å². The summed E-state index contributed by atoms with van der Waals surface area (Å²) < 4.78 is 11.9. The van der Waals surface area contributed by atoms with Crippen LogP contribution in [-0.2, 0) is 11.3 Å². The van der Waals surface area contributed by atoms with Crippen LogP contribution >= 0.6 is 15.9 Å². The predicted molar refractivity (Wildman–Crippen MR) is 66.3 cm³/mol. The van der Waals surface area contributed by atoms with Crippen molar-refractivity contribution in [1.82, 2.24) is 5.32 Å². The zero-order valence-corrected chi connectivity index (χ0v) is 11.0. The Bertz CT molecular complexity index is 308. The van der Waals surface area contributed by atoms with E-state index >= 15 is 0 Å². The minimum atomic E-state index is 0.513. The lowest BCUT2D eigenvalue weighted by Crippen LogP contribution is -2.21. The first kappa shape index (κ1) is 12.1.